The van der Waals surface area contributed by atoms with Crippen LogP contribution >= 0.6 is 0 Å². The Morgan fingerprint density at radius 2 is 2.05 bits per heavy atom. The molecule has 0 spiro atoms. The number of fused-ring (bicyclic) bond motifs is 1. The van der Waals surface area contributed by atoms with Gasteiger partial charge in [-0.2, -0.15) is 0 Å². The van der Waals surface area contributed by atoms with Gasteiger partial charge in [-0.25, -0.2) is 0 Å². The Hall–Kier alpha value is -1.51. The van der Waals surface area contributed by atoms with Gasteiger partial charge in [-0.15, -0.1) is 0 Å². The Bertz CT molecular complexity index is 470. The van der Waals surface area contributed by atoms with Crippen molar-refractivity contribution in [3.05, 3.63) is 23.8 Å². The molecule has 1 aromatic rings. The van der Waals surface area contributed by atoms with E-state index in [9.17, 15) is 4.79 Å². The van der Waals surface area contributed by atoms with Gasteiger partial charge in [0.15, 0.2) is 0 Å². The van der Waals surface area contributed by atoms with Crippen LogP contribution in [0, 0.1) is 0 Å². The molecule has 2 atom stereocenters. The highest BCUT2D eigenvalue weighted by Gasteiger charge is 2.38. The molecule has 3 nitrogen and oxygen atoms in total. The molecule has 1 aromatic carbocycles. The predicted molar refractivity (Wildman–Crippen MR) is 85.9 cm³/mol. The zero-order valence-corrected chi connectivity index (χ0v) is 13.1. The van der Waals surface area contributed by atoms with Gasteiger partial charge in [0.2, 0.25) is 0 Å². The molecule has 0 radical (unpaired) electrons. The van der Waals surface area contributed by atoms with Crippen molar-refractivity contribution in [3.63, 3.8) is 0 Å². The summed E-state index contributed by atoms with van der Waals surface area (Å²) in [5, 5.41) is 0. The maximum Gasteiger partial charge on any atom is 0.139 e. The molecule has 0 amide bonds. The van der Waals surface area contributed by atoms with Crippen molar-refractivity contribution in [2.45, 2.75) is 45.1 Å². The molecule has 0 saturated carbocycles. The fraction of sp³-hybridized carbons (Fsp3) is 0.588. The van der Waals surface area contributed by atoms with E-state index in [4.69, 9.17) is 0 Å². The summed E-state index contributed by atoms with van der Waals surface area (Å²) in [5.41, 5.74) is 3.91. The van der Waals surface area contributed by atoms with Gasteiger partial charge in [-0.3, -0.25) is 0 Å². The van der Waals surface area contributed by atoms with Crippen LogP contribution < -0.4 is 9.80 Å². The molecule has 0 bridgehead atoms. The highest BCUT2D eigenvalue weighted by molar-refractivity contribution is 5.81. The van der Waals surface area contributed by atoms with Gasteiger partial charge in [0.05, 0.1) is 17.9 Å². The fourth-order valence-corrected chi connectivity index (χ4v) is 3.56. The number of rotatable bonds is 6. The fourth-order valence-electron chi connectivity index (χ4n) is 3.56. The Labute approximate surface area is 122 Å². The second-order valence-electron chi connectivity index (χ2n) is 5.80. The van der Waals surface area contributed by atoms with Crippen LogP contribution in [0.5, 0.6) is 0 Å². The SMILES string of the molecule is CCCC1C(CC)c2cccc(N(C)C)c2N1CC=O. The Morgan fingerprint density at radius 3 is 2.60 bits per heavy atom. The number of benzene rings is 1. The number of nitrogens with zero attached hydrogens (tertiary/aromatic N) is 2. The minimum atomic E-state index is 0.464. The van der Waals surface area contributed by atoms with Crippen molar-refractivity contribution in [2.24, 2.45) is 0 Å². The standard InChI is InChI=1S/C17H26N2O/c1-5-8-15-13(6-2)14-9-7-10-16(18(3)4)17(14)19(15)11-12-20/h7,9-10,12-13,15H,5-6,8,11H2,1-4H3. The molecule has 20 heavy (non-hydrogen) atoms. The van der Waals surface area contributed by atoms with Crippen LogP contribution in [0.4, 0.5) is 11.4 Å². The van der Waals surface area contributed by atoms with Crippen LogP contribution in [0.3, 0.4) is 0 Å². The summed E-state index contributed by atoms with van der Waals surface area (Å²) in [7, 11) is 4.14. The van der Waals surface area contributed by atoms with Crippen LogP contribution in [0.25, 0.3) is 0 Å². The van der Waals surface area contributed by atoms with E-state index in [-0.39, 0.29) is 0 Å². The van der Waals surface area contributed by atoms with Gasteiger partial charge in [-0.05, 0) is 24.5 Å². The maximum atomic E-state index is 11.1. The van der Waals surface area contributed by atoms with E-state index >= 15 is 0 Å². The third kappa shape index (κ3) is 2.41. The monoisotopic (exact) mass is 274 g/mol. The number of aldehydes is 1. The van der Waals surface area contributed by atoms with Crippen LogP contribution in [-0.4, -0.2) is 33.0 Å². The first-order chi connectivity index (χ1) is 9.65. The number of carbonyl (C=O) groups is 1. The molecule has 0 saturated heterocycles. The molecular weight excluding hydrogens is 248 g/mol. The molecular formula is C17H26N2O. The molecule has 0 fully saturated rings. The third-order valence-electron chi connectivity index (χ3n) is 4.37. The van der Waals surface area contributed by atoms with Crippen molar-refractivity contribution in [3.8, 4) is 0 Å². The first-order valence-corrected chi connectivity index (χ1v) is 7.66. The smallest absolute Gasteiger partial charge is 0.139 e. The molecule has 0 aromatic heterocycles. The van der Waals surface area contributed by atoms with Gasteiger partial charge >= 0.3 is 0 Å². The number of para-hydroxylation sites is 1. The molecule has 1 aliphatic heterocycles. The summed E-state index contributed by atoms with van der Waals surface area (Å²) >= 11 is 0. The first-order valence-electron chi connectivity index (χ1n) is 7.66. The minimum absolute atomic E-state index is 0.464. The minimum Gasteiger partial charge on any atom is -0.376 e. The quantitative estimate of drug-likeness (QED) is 0.742. The second-order valence-corrected chi connectivity index (χ2v) is 5.80. The number of hydrogen-bond donors (Lipinski definition) is 0. The Balaban J connectivity index is 2.53. The molecule has 0 aliphatic carbocycles. The van der Waals surface area contributed by atoms with E-state index in [1.165, 1.54) is 16.9 Å². The average Bonchev–Trinajstić information content (AvgIpc) is 2.73. The number of anilines is 2. The van der Waals surface area contributed by atoms with E-state index in [0.29, 0.717) is 18.5 Å². The van der Waals surface area contributed by atoms with E-state index in [2.05, 4.69) is 55.9 Å². The number of hydrogen-bond acceptors (Lipinski definition) is 3. The van der Waals surface area contributed by atoms with Gasteiger partial charge < -0.3 is 14.6 Å². The van der Waals surface area contributed by atoms with Crippen molar-refractivity contribution >= 4 is 17.7 Å². The molecule has 1 aliphatic rings. The molecule has 0 N–H and O–H groups in total. The lowest BCUT2D eigenvalue weighted by molar-refractivity contribution is -0.106. The lowest BCUT2D eigenvalue weighted by Crippen LogP contribution is -2.36. The van der Waals surface area contributed by atoms with E-state index < -0.39 is 0 Å². The summed E-state index contributed by atoms with van der Waals surface area (Å²) in [4.78, 5) is 15.6. The van der Waals surface area contributed by atoms with E-state index in [0.717, 1.165) is 25.5 Å². The maximum absolute atomic E-state index is 11.1. The predicted octanol–water partition coefficient (Wildman–Crippen LogP) is 3.43. The lowest BCUT2D eigenvalue weighted by atomic mass is 9.90. The molecule has 1 heterocycles. The summed E-state index contributed by atoms with van der Waals surface area (Å²) < 4.78 is 0. The topological polar surface area (TPSA) is 23.6 Å². The molecule has 110 valence electrons. The van der Waals surface area contributed by atoms with E-state index in [1.54, 1.807) is 0 Å². The van der Waals surface area contributed by atoms with Crippen LogP contribution in [0.1, 0.15) is 44.6 Å². The van der Waals surface area contributed by atoms with Crippen LogP contribution in [0.2, 0.25) is 0 Å². The second kappa shape index (κ2) is 6.29. The molecule has 2 unspecified atom stereocenters. The van der Waals surface area contributed by atoms with Gasteiger partial charge in [0.25, 0.3) is 0 Å². The Morgan fingerprint density at radius 1 is 1.30 bits per heavy atom. The summed E-state index contributed by atoms with van der Waals surface area (Å²) in [6, 6.07) is 7.00. The number of carbonyl (C=O) groups excluding carboxylic acids is 1. The first kappa shape index (κ1) is 14.9. The zero-order valence-electron chi connectivity index (χ0n) is 13.1. The van der Waals surface area contributed by atoms with Crippen molar-refractivity contribution in [1.82, 2.24) is 0 Å². The summed E-state index contributed by atoms with van der Waals surface area (Å²) in [5.74, 6) is 0.546. The third-order valence-corrected chi connectivity index (χ3v) is 4.37. The summed E-state index contributed by atoms with van der Waals surface area (Å²) in [6.45, 7) is 4.98. The zero-order chi connectivity index (χ0) is 14.7. The largest absolute Gasteiger partial charge is 0.376 e. The Kier molecular flexibility index (Phi) is 4.69. The molecule has 2 rings (SSSR count). The van der Waals surface area contributed by atoms with Gasteiger partial charge in [0.1, 0.15) is 6.29 Å². The van der Waals surface area contributed by atoms with E-state index in [1.807, 2.05) is 0 Å². The van der Waals surface area contributed by atoms with Crippen molar-refractivity contribution in [2.75, 3.05) is 30.4 Å². The van der Waals surface area contributed by atoms with Gasteiger partial charge in [-0.1, -0.05) is 32.4 Å². The van der Waals surface area contributed by atoms with Crippen LogP contribution in [0.15, 0.2) is 18.2 Å². The normalized spacial score (nSPS) is 20.9. The highest BCUT2D eigenvalue weighted by Crippen LogP contribution is 2.48. The molecule has 3 heteroatoms. The summed E-state index contributed by atoms with van der Waals surface area (Å²) in [6.07, 6.45) is 4.47. The van der Waals surface area contributed by atoms with Gasteiger partial charge in [0, 0.05) is 26.1 Å². The average molecular weight is 274 g/mol. The van der Waals surface area contributed by atoms with Crippen molar-refractivity contribution in [1.29, 1.82) is 0 Å². The van der Waals surface area contributed by atoms with Crippen molar-refractivity contribution < 1.29 is 4.79 Å². The van der Waals surface area contributed by atoms with Crippen LogP contribution in [-0.2, 0) is 4.79 Å². The lowest BCUT2D eigenvalue weighted by Gasteiger charge is -2.30. The highest BCUT2D eigenvalue weighted by atomic mass is 16.1.